The van der Waals surface area contributed by atoms with Crippen LogP contribution < -0.4 is 10.6 Å². The van der Waals surface area contributed by atoms with Crippen molar-refractivity contribution in [2.75, 3.05) is 6.54 Å². The number of aryl methyl sites for hydroxylation is 2. The predicted molar refractivity (Wildman–Crippen MR) is 148 cm³/mol. The summed E-state index contributed by atoms with van der Waals surface area (Å²) in [6, 6.07) is 5.18. The van der Waals surface area contributed by atoms with Crippen LogP contribution in [0.15, 0.2) is 18.2 Å². The van der Waals surface area contributed by atoms with Gasteiger partial charge in [0.25, 0.3) is 0 Å². The van der Waals surface area contributed by atoms with E-state index in [9.17, 15) is 14.4 Å². The Hall–Kier alpha value is -2.57. The van der Waals surface area contributed by atoms with Crippen LogP contribution in [0.1, 0.15) is 109 Å². The van der Waals surface area contributed by atoms with Crippen LogP contribution in [-0.2, 0) is 14.3 Å². The zero-order chi connectivity index (χ0) is 27.8. The fourth-order valence-corrected chi connectivity index (χ4v) is 4.91. The number of nitrogens with zero attached hydrogens (tertiary/aromatic N) is 1. The van der Waals surface area contributed by atoms with Crippen molar-refractivity contribution in [3.8, 4) is 0 Å². The summed E-state index contributed by atoms with van der Waals surface area (Å²) in [5.41, 5.74) is 2.15. The average molecular weight is 516 g/mol. The van der Waals surface area contributed by atoms with Gasteiger partial charge in [0.1, 0.15) is 18.2 Å². The standard InChI is InChI=1S/C30H49N3O4/c1-20(2)14-17-23(5)33(26(34)19-31-29(36)37-30(6,7)8)27(25-18-21(3)15-16-22(25)4)28(35)32-24-12-10-9-11-13-24/h15-16,18,20,23-24,27H,9-14,17,19H2,1-8H3,(H,31,36)(H,32,35). The van der Waals surface area contributed by atoms with E-state index in [2.05, 4.69) is 24.5 Å². The van der Waals surface area contributed by atoms with Gasteiger partial charge in [-0.3, -0.25) is 9.59 Å². The summed E-state index contributed by atoms with van der Waals surface area (Å²) in [6.45, 7) is 15.4. The Bertz CT molecular complexity index is 916. The Morgan fingerprint density at radius 3 is 2.27 bits per heavy atom. The molecule has 0 aromatic heterocycles. The molecule has 1 saturated carbocycles. The summed E-state index contributed by atoms with van der Waals surface area (Å²) in [5.74, 6) is 0.0175. The summed E-state index contributed by atoms with van der Waals surface area (Å²) in [7, 11) is 0. The molecule has 2 atom stereocenters. The molecule has 7 nitrogen and oxygen atoms in total. The quantitative estimate of drug-likeness (QED) is 0.402. The minimum absolute atomic E-state index is 0.122. The van der Waals surface area contributed by atoms with Gasteiger partial charge in [0, 0.05) is 12.1 Å². The van der Waals surface area contributed by atoms with E-state index in [1.54, 1.807) is 25.7 Å². The zero-order valence-electron chi connectivity index (χ0n) is 24.3. The van der Waals surface area contributed by atoms with Crippen molar-refractivity contribution >= 4 is 17.9 Å². The highest BCUT2D eigenvalue weighted by Crippen LogP contribution is 2.30. The second-order valence-electron chi connectivity index (χ2n) is 12.1. The van der Waals surface area contributed by atoms with Gasteiger partial charge in [0.05, 0.1) is 0 Å². The molecule has 2 N–H and O–H groups in total. The number of ether oxygens (including phenoxy) is 1. The van der Waals surface area contributed by atoms with Crippen LogP contribution in [0.4, 0.5) is 4.79 Å². The molecule has 1 fully saturated rings. The molecular formula is C30H49N3O4. The minimum Gasteiger partial charge on any atom is -0.444 e. The molecule has 0 aliphatic heterocycles. The van der Waals surface area contributed by atoms with Crippen molar-refractivity contribution in [1.82, 2.24) is 15.5 Å². The van der Waals surface area contributed by atoms with Gasteiger partial charge in [-0.25, -0.2) is 4.79 Å². The van der Waals surface area contributed by atoms with E-state index in [1.807, 2.05) is 39.0 Å². The molecule has 0 radical (unpaired) electrons. The minimum atomic E-state index is -0.781. The van der Waals surface area contributed by atoms with Crippen molar-refractivity contribution in [2.45, 2.75) is 124 Å². The average Bonchev–Trinajstić information content (AvgIpc) is 2.80. The maximum Gasteiger partial charge on any atom is 0.408 e. The fourth-order valence-electron chi connectivity index (χ4n) is 4.91. The van der Waals surface area contributed by atoms with Crippen LogP contribution in [0.2, 0.25) is 0 Å². The molecule has 0 heterocycles. The van der Waals surface area contributed by atoms with Gasteiger partial charge in [-0.05, 0) is 84.3 Å². The van der Waals surface area contributed by atoms with Crippen LogP contribution >= 0.6 is 0 Å². The first-order valence-electron chi connectivity index (χ1n) is 13.9. The third kappa shape index (κ3) is 10.0. The fraction of sp³-hybridized carbons (Fsp3) is 0.700. The van der Waals surface area contributed by atoms with Gasteiger partial charge < -0.3 is 20.3 Å². The molecule has 1 aliphatic carbocycles. The van der Waals surface area contributed by atoms with E-state index in [4.69, 9.17) is 4.74 Å². The lowest BCUT2D eigenvalue weighted by Gasteiger charge is -2.38. The second-order valence-corrected chi connectivity index (χ2v) is 12.1. The zero-order valence-corrected chi connectivity index (χ0v) is 24.3. The van der Waals surface area contributed by atoms with Crippen LogP contribution in [0.5, 0.6) is 0 Å². The van der Waals surface area contributed by atoms with Gasteiger partial charge >= 0.3 is 6.09 Å². The van der Waals surface area contributed by atoms with E-state index < -0.39 is 17.7 Å². The Morgan fingerprint density at radius 1 is 1.03 bits per heavy atom. The van der Waals surface area contributed by atoms with Gasteiger partial charge in [-0.15, -0.1) is 0 Å². The molecule has 7 heteroatoms. The smallest absolute Gasteiger partial charge is 0.408 e. The van der Waals surface area contributed by atoms with Crippen molar-refractivity contribution in [3.63, 3.8) is 0 Å². The summed E-state index contributed by atoms with van der Waals surface area (Å²) >= 11 is 0. The van der Waals surface area contributed by atoms with Crippen molar-refractivity contribution in [1.29, 1.82) is 0 Å². The van der Waals surface area contributed by atoms with Gasteiger partial charge in [-0.2, -0.15) is 0 Å². The molecule has 0 saturated heterocycles. The van der Waals surface area contributed by atoms with Gasteiger partial charge in [-0.1, -0.05) is 56.9 Å². The van der Waals surface area contributed by atoms with Crippen LogP contribution in [-0.4, -0.2) is 47.0 Å². The Labute approximate surface area is 224 Å². The first-order valence-corrected chi connectivity index (χ1v) is 13.9. The van der Waals surface area contributed by atoms with Gasteiger partial charge in [0.15, 0.2) is 0 Å². The number of hydrogen-bond acceptors (Lipinski definition) is 4. The largest absolute Gasteiger partial charge is 0.444 e. The van der Waals surface area contributed by atoms with E-state index in [0.717, 1.165) is 55.2 Å². The third-order valence-electron chi connectivity index (χ3n) is 6.91. The monoisotopic (exact) mass is 515 g/mol. The molecule has 1 aromatic carbocycles. The molecule has 37 heavy (non-hydrogen) atoms. The Morgan fingerprint density at radius 2 is 1.68 bits per heavy atom. The summed E-state index contributed by atoms with van der Waals surface area (Å²) < 4.78 is 5.34. The van der Waals surface area contributed by atoms with E-state index in [0.29, 0.717) is 5.92 Å². The number of alkyl carbamates (subject to hydrolysis) is 1. The number of nitrogens with one attached hydrogen (secondary N) is 2. The molecule has 1 aromatic rings. The topological polar surface area (TPSA) is 87.7 Å². The molecule has 208 valence electrons. The lowest BCUT2D eigenvalue weighted by atomic mass is 9.92. The Balaban J connectivity index is 2.43. The summed E-state index contributed by atoms with van der Waals surface area (Å²) in [4.78, 5) is 41.8. The summed E-state index contributed by atoms with van der Waals surface area (Å²) in [6.07, 6.45) is 6.36. The number of hydrogen-bond donors (Lipinski definition) is 2. The van der Waals surface area contributed by atoms with E-state index >= 15 is 0 Å². The normalized spacial score (nSPS) is 16.1. The van der Waals surface area contributed by atoms with Crippen molar-refractivity contribution < 1.29 is 19.1 Å². The maximum absolute atomic E-state index is 14.0. The molecular weight excluding hydrogens is 466 g/mol. The number of carbonyl (C=O) groups excluding carboxylic acids is 3. The SMILES string of the molecule is Cc1ccc(C)c(C(C(=O)NC2CCCCC2)N(C(=O)CNC(=O)OC(C)(C)C)C(C)CCC(C)C)c1. The van der Waals surface area contributed by atoms with Crippen molar-refractivity contribution in [3.05, 3.63) is 34.9 Å². The molecule has 0 spiro atoms. The highest BCUT2D eigenvalue weighted by molar-refractivity contribution is 5.91. The first-order chi connectivity index (χ1) is 17.3. The predicted octanol–water partition coefficient (Wildman–Crippen LogP) is 5.97. The van der Waals surface area contributed by atoms with Crippen LogP contribution in [0.25, 0.3) is 0 Å². The second kappa shape index (κ2) is 13.8. The molecule has 1 aliphatic rings. The molecule has 3 amide bonds. The lowest BCUT2D eigenvalue weighted by molar-refractivity contribution is -0.143. The van der Waals surface area contributed by atoms with Crippen LogP contribution in [0.3, 0.4) is 0 Å². The lowest BCUT2D eigenvalue weighted by Crippen LogP contribution is -2.52. The highest BCUT2D eigenvalue weighted by atomic mass is 16.6. The summed E-state index contributed by atoms with van der Waals surface area (Å²) in [5, 5.41) is 5.88. The number of rotatable bonds is 10. The molecule has 0 bridgehead atoms. The first kappa shape index (κ1) is 30.7. The van der Waals surface area contributed by atoms with E-state index in [1.165, 1.54) is 6.42 Å². The maximum atomic E-state index is 14.0. The third-order valence-corrected chi connectivity index (χ3v) is 6.91. The highest BCUT2D eigenvalue weighted by Gasteiger charge is 2.36. The number of amides is 3. The molecule has 2 unspecified atom stereocenters. The molecule has 2 rings (SSSR count). The van der Waals surface area contributed by atoms with Crippen LogP contribution in [0, 0.1) is 19.8 Å². The van der Waals surface area contributed by atoms with Crippen molar-refractivity contribution in [2.24, 2.45) is 5.92 Å². The number of benzene rings is 1. The van der Waals surface area contributed by atoms with Gasteiger partial charge in [0.2, 0.25) is 11.8 Å². The van der Waals surface area contributed by atoms with E-state index in [-0.39, 0.29) is 30.4 Å². The Kier molecular flexibility index (Phi) is 11.5. The number of carbonyl (C=O) groups is 3.